The van der Waals surface area contributed by atoms with Crippen LogP contribution in [0.25, 0.3) is 0 Å². The zero-order chi connectivity index (χ0) is 22.7. The Kier molecular flexibility index (Phi) is 10.9. The number of carbonyl (C=O) groups excluding carboxylic acids is 4. The minimum atomic E-state index is -0.784. The molecular weight excluding hydrogens is 406 g/mol. The molecule has 0 radical (unpaired) electrons. The summed E-state index contributed by atoms with van der Waals surface area (Å²) in [4.78, 5) is 50.8. The number of likely N-dealkylation sites (N-methyl/N-ethyl adjacent to an activating group) is 2. The summed E-state index contributed by atoms with van der Waals surface area (Å²) in [6.45, 7) is -0.462. The largest absolute Gasteiger partial charge is 0.368 e. The number of benzene rings is 1. The number of nitrogens with zero attached hydrogens (tertiary/aromatic N) is 2. The van der Waals surface area contributed by atoms with Crippen LogP contribution in [-0.4, -0.2) is 84.7 Å². The zero-order valence-electron chi connectivity index (χ0n) is 17.7. The predicted octanol–water partition coefficient (Wildman–Crippen LogP) is -0.804. The summed E-state index contributed by atoms with van der Waals surface area (Å²) >= 11 is 1.53. The van der Waals surface area contributed by atoms with Gasteiger partial charge >= 0.3 is 0 Å². The number of carbonyl (C=O) groups is 4. The molecule has 0 aromatic heterocycles. The van der Waals surface area contributed by atoms with Crippen LogP contribution in [0.1, 0.15) is 12.0 Å². The number of primary amides is 1. The van der Waals surface area contributed by atoms with E-state index in [-0.39, 0.29) is 19.0 Å². The Morgan fingerprint density at radius 1 is 1.07 bits per heavy atom. The van der Waals surface area contributed by atoms with Crippen molar-refractivity contribution in [2.75, 3.05) is 39.2 Å². The van der Waals surface area contributed by atoms with Crippen LogP contribution in [0.2, 0.25) is 0 Å². The van der Waals surface area contributed by atoms with Gasteiger partial charge in [-0.15, -0.1) is 0 Å². The van der Waals surface area contributed by atoms with Gasteiger partial charge in [0.15, 0.2) is 0 Å². The van der Waals surface area contributed by atoms with Gasteiger partial charge in [-0.25, -0.2) is 0 Å². The minimum absolute atomic E-state index is 0.211. The summed E-state index contributed by atoms with van der Waals surface area (Å²) in [6, 6.07) is 7.81. The lowest BCUT2D eigenvalue weighted by molar-refractivity contribution is -0.141. The molecule has 5 N–H and O–H groups in total. The quantitative estimate of drug-likeness (QED) is 0.391. The van der Waals surface area contributed by atoms with E-state index in [0.717, 1.165) is 5.56 Å². The van der Waals surface area contributed by atoms with E-state index in [1.807, 2.05) is 36.6 Å². The summed E-state index contributed by atoms with van der Waals surface area (Å²) in [6.07, 6.45) is 2.66. The monoisotopic (exact) mass is 437 g/mol. The number of nitrogens with two attached hydrogens (primary N) is 2. The van der Waals surface area contributed by atoms with Gasteiger partial charge in [0.25, 0.3) is 0 Å². The van der Waals surface area contributed by atoms with E-state index < -0.39 is 29.8 Å². The van der Waals surface area contributed by atoms with Crippen molar-refractivity contribution in [3.63, 3.8) is 0 Å². The van der Waals surface area contributed by atoms with Gasteiger partial charge in [-0.2, -0.15) is 11.8 Å². The van der Waals surface area contributed by atoms with Gasteiger partial charge in [0, 0.05) is 14.1 Å². The van der Waals surface area contributed by atoms with Gasteiger partial charge in [0.2, 0.25) is 23.6 Å². The molecule has 0 aliphatic rings. The lowest BCUT2D eigenvalue weighted by Gasteiger charge is -2.24. The highest BCUT2D eigenvalue weighted by Gasteiger charge is 2.23. The van der Waals surface area contributed by atoms with Gasteiger partial charge in [-0.1, -0.05) is 30.3 Å². The molecule has 1 rings (SSSR count). The highest BCUT2D eigenvalue weighted by Crippen LogP contribution is 2.04. The lowest BCUT2D eigenvalue weighted by Crippen LogP contribution is -2.50. The molecule has 4 amide bonds. The van der Waals surface area contributed by atoms with E-state index in [1.54, 1.807) is 0 Å². The first-order chi connectivity index (χ1) is 14.1. The highest BCUT2D eigenvalue weighted by molar-refractivity contribution is 7.98. The van der Waals surface area contributed by atoms with Crippen molar-refractivity contribution < 1.29 is 19.2 Å². The average Bonchev–Trinajstić information content (AvgIpc) is 2.70. The zero-order valence-corrected chi connectivity index (χ0v) is 18.5. The summed E-state index contributed by atoms with van der Waals surface area (Å²) < 4.78 is 0. The third kappa shape index (κ3) is 8.83. The van der Waals surface area contributed by atoms with Gasteiger partial charge in [-0.05, 0) is 30.4 Å². The van der Waals surface area contributed by atoms with Crippen molar-refractivity contribution in [1.82, 2.24) is 15.1 Å². The first kappa shape index (κ1) is 25.4. The maximum Gasteiger partial charge on any atom is 0.242 e. The molecule has 1 aromatic carbocycles. The van der Waals surface area contributed by atoms with Crippen LogP contribution in [0, 0.1) is 0 Å². The summed E-state index contributed by atoms with van der Waals surface area (Å²) in [5.74, 6) is -1.24. The van der Waals surface area contributed by atoms with Gasteiger partial charge in [0.05, 0.1) is 19.1 Å². The normalized spacial score (nSPS) is 12.5. The average molecular weight is 438 g/mol. The van der Waals surface area contributed by atoms with Gasteiger partial charge < -0.3 is 26.6 Å². The Balaban J connectivity index is 2.52. The molecule has 2 atom stereocenters. The molecule has 10 heteroatoms. The van der Waals surface area contributed by atoms with Crippen LogP contribution in [0.15, 0.2) is 30.3 Å². The topological polar surface area (TPSA) is 139 Å². The van der Waals surface area contributed by atoms with Crippen molar-refractivity contribution in [3.8, 4) is 0 Å². The molecular formula is C20H31N5O4S. The first-order valence-electron chi connectivity index (χ1n) is 9.51. The summed E-state index contributed by atoms with van der Waals surface area (Å²) in [7, 11) is 2.94. The fourth-order valence-corrected chi connectivity index (χ4v) is 3.18. The third-order valence-electron chi connectivity index (χ3n) is 4.46. The van der Waals surface area contributed by atoms with Crippen LogP contribution in [0.4, 0.5) is 0 Å². The number of hydrogen-bond donors (Lipinski definition) is 3. The summed E-state index contributed by atoms with van der Waals surface area (Å²) in [5, 5.41) is 2.54. The van der Waals surface area contributed by atoms with Crippen molar-refractivity contribution in [2.24, 2.45) is 11.5 Å². The minimum Gasteiger partial charge on any atom is -0.368 e. The molecule has 0 aliphatic carbocycles. The van der Waals surface area contributed by atoms with Crippen molar-refractivity contribution >= 4 is 35.4 Å². The van der Waals surface area contributed by atoms with Crippen LogP contribution >= 0.6 is 11.8 Å². The van der Waals surface area contributed by atoms with Crippen LogP contribution in [0.3, 0.4) is 0 Å². The van der Waals surface area contributed by atoms with Crippen LogP contribution in [-0.2, 0) is 25.6 Å². The maximum atomic E-state index is 12.4. The second kappa shape index (κ2) is 12.9. The lowest BCUT2D eigenvalue weighted by atomic mass is 10.1. The second-order valence-corrected chi connectivity index (χ2v) is 8.03. The van der Waals surface area contributed by atoms with Crippen molar-refractivity contribution in [2.45, 2.75) is 24.9 Å². The molecule has 0 saturated heterocycles. The molecule has 0 fully saturated rings. The van der Waals surface area contributed by atoms with Gasteiger partial charge in [-0.3, -0.25) is 19.2 Å². The third-order valence-corrected chi connectivity index (χ3v) is 5.10. The second-order valence-electron chi connectivity index (χ2n) is 7.04. The number of nitrogens with one attached hydrogen (secondary N) is 1. The Labute approximate surface area is 181 Å². The maximum absolute atomic E-state index is 12.4. The molecule has 0 unspecified atom stereocenters. The van der Waals surface area contributed by atoms with E-state index in [0.29, 0.717) is 18.6 Å². The number of thioether (sulfide) groups is 1. The summed E-state index contributed by atoms with van der Waals surface area (Å²) in [5.41, 5.74) is 12.2. The van der Waals surface area contributed by atoms with E-state index in [1.165, 1.54) is 35.7 Å². The Hall–Kier alpha value is -2.59. The van der Waals surface area contributed by atoms with Crippen molar-refractivity contribution in [1.29, 1.82) is 0 Å². The molecule has 1 aromatic rings. The highest BCUT2D eigenvalue weighted by atomic mass is 32.2. The fraction of sp³-hybridized carbons (Fsp3) is 0.500. The first-order valence-corrected chi connectivity index (χ1v) is 10.9. The number of rotatable bonds is 12. The van der Waals surface area contributed by atoms with E-state index in [4.69, 9.17) is 11.5 Å². The molecule has 0 bridgehead atoms. The van der Waals surface area contributed by atoms with Crippen LogP contribution < -0.4 is 16.8 Å². The number of amides is 4. The van der Waals surface area contributed by atoms with E-state index >= 15 is 0 Å². The molecule has 30 heavy (non-hydrogen) atoms. The fourth-order valence-electron chi connectivity index (χ4n) is 2.70. The standard InChI is InChI=1S/C20H31N5O4S/c1-24(12-17(26)23-16(19(22)28)9-10-30-3)18(27)13-25(2)20(29)15(21)11-14-7-5-4-6-8-14/h4-8,15-16H,9-13,21H2,1-3H3,(H2,22,28)(H,23,26)/t15-,16-/m0/s1. The van der Waals surface area contributed by atoms with E-state index in [9.17, 15) is 19.2 Å². The SMILES string of the molecule is CSCC[C@H](NC(=O)CN(C)C(=O)CN(C)C(=O)[C@@H](N)Cc1ccccc1)C(N)=O. The Bertz CT molecular complexity index is 731. The molecule has 0 heterocycles. The smallest absolute Gasteiger partial charge is 0.242 e. The molecule has 0 aliphatic heterocycles. The van der Waals surface area contributed by atoms with Gasteiger partial charge in [0.1, 0.15) is 6.04 Å². The Morgan fingerprint density at radius 2 is 1.70 bits per heavy atom. The molecule has 166 valence electrons. The van der Waals surface area contributed by atoms with Crippen LogP contribution in [0.5, 0.6) is 0 Å². The Morgan fingerprint density at radius 3 is 2.27 bits per heavy atom. The predicted molar refractivity (Wildman–Crippen MR) is 118 cm³/mol. The molecule has 0 saturated carbocycles. The van der Waals surface area contributed by atoms with Crippen molar-refractivity contribution in [3.05, 3.63) is 35.9 Å². The van der Waals surface area contributed by atoms with E-state index in [2.05, 4.69) is 5.32 Å². The molecule has 0 spiro atoms. The molecule has 9 nitrogen and oxygen atoms in total. The number of hydrogen-bond acceptors (Lipinski definition) is 6.